The number of carboxylic acids is 1. The summed E-state index contributed by atoms with van der Waals surface area (Å²) in [6.45, 7) is 2.29. The van der Waals surface area contributed by atoms with E-state index in [0.717, 1.165) is 9.40 Å². The van der Waals surface area contributed by atoms with Gasteiger partial charge in [0.25, 0.3) is 5.91 Å². The average molecular weight is 361 g/mol. The Kier molecular flexibility index (Phi) is 3.79. The minimum Gasteiger partial charge on any atom is -0.479 e. The van der Waals surface area contributed by atoms with E-state index in [-0.39, 0.29) is 18.6 Å². The third-order valence-corrected chi connectivity index (χ3v) is 6.49. The van der Waals surface area contributed by atoms with Crippen LogP contribution >= 0.6 is 22.7 Å². The molecule has 2 atom stereocenters. The molecule has 0 radical (unpaired) electrons. The number of carbonyl (C=O) groups excluding carboxylic acids is 1. The van der Waals surface area contributed by atoms with Crippen molar-refractivity contribution in [3.63, 3.8) is 0 Å². The van der Waals surface area contributed by atoms with E-state index in [1.165, 1.54) is 21.4 Å². The lowest BCUT2D eigenvalue weighted by Crippen LogP contribution is -2.51. The van der Waals surface area contributed by atoms with E-state index in [4.69, 9.17) is 9.84 Å². The molecule has 0 aliphatic carbocycles. The van der Waals surface area contributed by atoms with E-state index in [0.29, 0.717) is 11.4 Å². The number of benzene rings is 1. The molecule has 4 rings (SSSR count). The van der Waals surface area contributed by atoms with Crippen LogP contribution in [0.1, 0.15) is 16.6 Å². The van der Waals surface area contributed by atoms with Crippen molar-refractivity contribution in [2.75, 3.05) is 13.1 Å². The SMILES string of the molecule is C[C@@H]1CN(C(=O)c2cc3sc4ccccc4c3s2)CC(C(=O)O)O1. The van der Waals surface area contributed by atoms with Crippen LogP contribution in [0.2, 0.25) is 0 Å². The largest absolute Gasteiger partial charge is 0.479 e. The number of hydrogen-bond acceptors (Lipinski definition) is 5. The zero-order chi connectivity index (χ0) is 16.8. The second-order valence-corrected chi connectivity index (χ2v) is 8.02. The number of amides is 1. The quantitative estimate of drug-likeness (QED) is 0.759. The van der Waals surface area contributed by atoms with Gasteiger partial charge >= 0.3 is 5.97 Å². The summed E-state index contributed by atoms with van der Waals surface area (Å²) in [6, 6.07) is 10.1. The molecule has 124 valence electrons. The second-order valence-electron chi connectivity index (χ2n) is 5.89. The minimum absolute atomic E-state index is 0.0881. The first kappa shape index (κ1) is 15.6. The van der Waals surface area contributed by atoms with Gasteiger partial charge in [0.15, 0.2) is 6.10 Å². The highest BCUT2D eigenvalue weighted by atomic mass is 32.1. The van der Waals surface area contributed by atoms with Gasteiger partial charge in [0.1, 0.15) is 0 Å². The van der Waals surface area contributed by atoms with Crippen LogP contribution in [0.25, 0.3) is 19.5 Å². The maximum atomic E-state index is 12.8. The Morgan fingerprint density at radius 1 is 1.21 bits per heavy atom. The van der Waals surface area contributed by atoms with Crippen LogP contribution in [0.15, 0.2) is 30.3 Å². The Bertz CT molecular complexity index is 945. The summed E-state index contributed by atoms with van der Waals surface area (Å²) in [7, 11) is 0. The van der Waals surface area contributed by atoms with Crippen molar-refractivity contribution in [1.29, 1.82) is 0 Å². The number of aliphatic carboxylic acids is 1. The number of rotatable bonds is 2. The molecular formula is C17H15NO4S2. The fourth-order valence-electron chi connectivity index (χ4n) is 3.01. The molecule has 1 saturated heterocycles. The van der Waals surface area contributed by atoms with E-state index in [2.05, 4.69) is 12.1 Å². The van der Waals surface area contributed by atoms with Crippen LogP contribution in [0.5, 0.6) is 0 Å². The second kappa shape index (κ2) is 5.84. The molecule has 1 aliphatic heterocycles. The Morgan fingerprint density at radius 3 is 2.79 bits per heavy atom. The predicted octanol–water partition coefficient (Wildman–Crippen LogP) is 3.43. The smallest absolute Gasteiger partial charge is 0.334 e. The first-order valence-corrected chi connectivity index (χ1v) is 9.25. The van der Waals surface area contributed by atoms with Gasteiger partial charge in [-0.1, -0.05) is 18.2 Å². The Balaban J connectivity index is 1.66. The molecule has 1 fully saturated rings. The van der Waals surface area contributed by atoms with Crippen molar-refractivity contribution in [2.45, 2.75) is 19.1 Å². The first-order valence-electron chi connectivity index (χ1n) is 7.61. The average Bonchev–Trinajstić information content (AvgIpc) is 3.11. The topological polar surface area (TPSA) is 66.8 Å². The van der Waals surface area contributed by atoms with Crippen LogP contribution in [-0.2, 0) is 9.53 Å². The maximum Gasteiger partial charge on any atom is 0.334 e. The summed E-state index contributed by atoms with van der Waals surface area (Å²) in [5, 5.41) is 10.3. The van der Waals surface area contributed by atoms with Crippen LogP contribution in [0.3, 0.4) is 0 Å². The number of morpholine rings is 1. The van der Waals surface area contributed by atoms with Gasteiger partial charge in [-0.3, -0.25) is 4.79 Å². The van der Waals surface area contributed by atoms with Crippen molar-refractivity contribution in [1.82, 2.24) is 4.90 Å². The van der Waals surface area contributed by atoms with Crippen molar-refractivity contribution >= 4 is 54.0 Å². The highest BCUT2D eigenvalue weighted by Crippen LogP contribution is 2.39. The fourth-order valence-corrected chi connectivity index (χ4v) is 5.51. The van der Waals surface area contributed by atoms with Gasteiger partial charge in [-0.05, 0) is 19.1 Å². The van der Waals surface area contributed by atoms with Gasteiger partial charge < -0.3 is 14.7 Å². The molecule has 2 aromatic heterocycles. The molecular weight excluding hydrogens is 346 g/mol. The number of fused-ring (bicyclic) bond motifs is 3. The Hall–Kier alpha value is -1.96. The van der Waals surface area contributed by atoms with E-state index in [1.54, 1.807) is 23.2 Å². The van der Waals surface area contributed by atoms with E-state index in [9.17, 15) is 9.59 Å². The maximum absolute atomic E-state index is 12.8. The molecule has 0 spiro atoms. The van der Waals surface area contributed by atoms with Crippen molar-refractivity contribution in [3.8, 4) is 0 Å². The van der Waals surface area contributed by atoms with Gasteiger partial charge in [-0.25, -0.2) is 4.79 Å². The van der Waals surface area contributed by atoms with Crippen molar-refractivity contribution < 1.29 is 19.4 Å². The van der Waals surface area contributed by atoms with Crippen molar-refractivity contribution in [3.05, 3.63) is 35.2 Å². The van der Waals surface area contributed by atoms with Crippen LogP contribution in [-0.4, -0.2) is 47.2 Å². The summed E-state index contributed by atoms with van der Waals surface area (Å²) >= 11 is 3.15. The van der Waals surface area contributed by atoms with Gasteiger partial charge in [0.2, 0.25) is 0 Å². The lowest BCUT2D eigenvalue weighted by atomic mass is 10.2. The predicted molar refractivity (Wildman–Crippen MR) is 95.1 cm³/mol. The highest BCUT2D eigenvalue weighted by molar-refractivity contribution is 7.33. The standard InChI is InChI=1S/C17H15NO4S2/c1-9-7-18(8-11(22-9)17(20)21)16(19)14-6-13-15(24-14)10-4-2-3-5-12(10)23-13/h2-6,9,11H,7-8H2,1H3,(H,20,21)/t9-,11?/m1/s1. The van der Waals surface area contributed by atoms with E-state index < -0.39 is 12.1 Å². The minimum atomic E-state index is -1.03. The molecule has 1 amide bonds. The number of carbonyl (C=O) groups is 2. The molecule has 24 heavy (non-hydrogen) atoms. The summed E-state index contributed by atoms with van der Waals surface area (Å²) in [5.41, 5.74) is 0. The van der Waals surface area contributed by atoms with Crippen LogP contribution < -0.4 is 0 Å². The zero-order valence-corrected chi connectivity index (χ0v) is 14.5. The van der Waals surface area contributed by atoms with Crippen molar-refractivity contribution in [2.24, 2.45) is 0 Å². The normalized spacial score (nSPS) is 21.5. The van der Waals surface area contributed by atoms with E-state index in [1.807, 2.05) is 18.2 Å². The highest BCUT2D eigenvalue weighted by Gasteiger charge is 2.33. The summed E-state index contributed by atoms with van der Waals surface area (Å²) in [4.78, 5) is 26.2. The molecule has 0 bridgehead atoms. The fraction of sp³-hybridized carbons (Fsp3) is 0.294. The van der Waals surface area contributed by atoms with E-state index >= 15 is 0 Å². The molecule has 1 aliphatic rings. The third-order valence-electron chi connectivity index (χ3n) is 4.08. The molecule has 3 heterocycles. The van der Waals surface area contributed by atoms with Gasteiger partial charge in [0.05, 0.1) is 22.2 Å². The number of thiophene rings is 2. The molecule has 1 unspecified atom stereocenters. The summed E-state index contributed by atoms with van der Waals surface area (Å²) < 4.78 is 8.81. The Labute approximate surface area is 146 Å². The lowest BCUT2D eigenvalue weighted by Gasteiger charge is -2.34. The molecule has 1 N–H and O–H groups in total. The zero-order valence-electron chi connectivity index (χ0n) is 12.9. The lowest BCUT2D eigenvalue weighted by molar-refractivity contribution is -0.160. The molecule has 3 aromatic rings. The van der Waals surface area contributed by atoms with Crippen LogP contribution in [0.4, 0.5) is 0 Å². The third kappa shape index (κ3) is 2.58. The van der Waals surface area contributed by atoms with Gasteiger partial charge in [0, 0.05) is 21.3 Å². The van der Waals surface area contributed by atoms with Crippen LogP contribution in [0, 0.1) is 0 Å². The summed E-state index contributed by atoms with van der Waals surface area (Å²) in [6.07, 6.45) is -1.25. The molecule has 1 aromatic carbocycles. The Morgan fingerprint density at radius 2 is 2.00 bits per heavy atom. The monoisotopic (exact) mass is 361 g/mol. The molecule has 5 nitrogen and oxygen atoms in total. The molecule has 0 saturated carbocycles. The summed E-state index contributed by atoms with van der Waals surface area (Å²) in [5.74, 6) is -1.15. The number of nitrogens with zero attached hydrogens (tertiary/aromatic N) is 1. The number of hydrogen-bond donors (Lipinski definition) is 1. The molecule has 7 heteroatoms. The number of carboxylic acid groups (broad SMARTS) is 1. The number of ether oxygens (including phenoxy) is 1. The van der Waals surface area contributed by atoms with Gasteiger partial charge in [-0.2, -0.15) is 0 Å². The van der Waals surface area contributed by atoms with Gasteiger partial charge in [-0.15, -0.1) is 22.7 Å². The first-order chi connectivity index (χ1) is 11.5.